The van der Waals surface area contributed by atoms with Crippen molar-refractivity contribution in [3.63, 3.8) is 0 Å². The summed E-state index contributed by atoms with van der Waals surface area (Å²) in [7, 11) is 1.50. The molecule has 0 aromatic heterocycles. The molecule has 0 spiro atoms. The van der Waals surface area contributed by atoms with Crippen molar-refractivity contribution in [2.75, 3.05) is 13.7 Å². The van der Waals surface area contributed by atoms with Crippen LogP contribution >= 0.6 is 0 Å². The number of hydrogen-bond donors (Lipinski definition) is 0. The Balaban J connectivity index is 2.60. The fraction of sp³-hybridized carbons (Fsp3) is 0.333. The highest BCUT2D eigenvalue weighted by molar-refractivity contribution is 5.79. The van der Waals surface area contributed by atoms with Crippen LogP contribution in [0.5, 0.6) is 11.5 Å². The maximum Gasteiger partial charge on any atom is 0.153 e. The lowest BCUT2D eigenvalue weighted by Gasteiger charge is -2.08. The molecule has 0 heterocycles. The molecule has 0 bridgehead atoms. The van der Waals surface area contributed by atoms with Gasteiger partial charge in [0.2, 0.25) is 0 Å². The van der Waals surface area contributed by atoms with Crippen LogP contribution in [0, 0.1) is 0 Å². The van der Waals surface area contributed by atoms with Gasteiger partial charge in [-0.2, -0.15) is 0 Å². The third-order valence-corrected chi connectivity index (χ3v) is 2.07. The molecule has 0 unspecified atom stereocenters. The molecule has 0 aliphatic heterocycles. The molecule has 86 valence electrons. The Labute approximate surface area is 94.2 Å². The van der Waals surface area contributed by atoms with Gasteiger partial charge in [-0.05, 0) is 18.6 Å². The summed E-state index contributed by atoms with van der Waals surface area (Å²) < 4.78 is 10.4. The van der Waals surface area contributed by atoms with Gasteiger partial charge in [0.25, 0.3) is 0 Å². The van der Waals surface area contributed by atoms with Crippen LogP contribution in [0.1, 0.15) is 23.2 Å². The number of benzene rings is 1. The van der Waals surface area contributed by atoms with Crippen molar-refractivity contribution in [3.8, 4) is 11.5 Å². The Morgan fingerprint density at radius 2 is 2.12 bits per heavy atom. The molecule has 0 saturated heterocycles. The second kappa shape index (κ2) is 6.61. The van der Waals surface area contributed by atoms with Crippen LogP contribution in [0.2, 0.25) is 0 Å². The van der Waals surface area contributed by atoms with Gasteiger partial charge in [0, 0.05) is 12.5 Å². The van der Waals surface area contributed by atoms with E-state index in [0.29, 0.717) is 36.5 Å². The van der Waals surface area contributed by atoms with Crippen LogP contribution in [-0.2, 0) is 4.79 Å². The summed E-state index contributed by atoms with van der Waals surface area (Å²) in [6.07, 6.45) is 2.76. The van der Waals surface area contributed by atoms with Gasteiger partial charge >= 0.3 is 0 Å². The first kappa shape index (κ1) is 12.2. The Kier molecular flexibility index (Phi) is 5.05. The van der Waals surface area contributed by atoms with Gasteiger partial charge < -0.3 is 14.3 Å². The zero-order chi connectivity index (χ0) is 11.8. The molecular formula is C12H14O4. The zero-order valence-electron chi connectivity index (χ0n) is 9.14. The predicted octanol–water partition coefficient (Wildman–Crippen LogP) is 1.87. The summed E-state index contributed by atoms with van der Waals surface area (Å²) in [5.74, 6) is 1.12. The first-order valence-electron chi connectivity index (χ1n) is 5.01. The lowest BCUT2D eigenvalue weighted by Crippen LogP contribution is -1.98. The molecule has 0 fully saturated rings. The van der Waals surface area contributed by atoms with E-state index < -0.39 is 0 Å². The monoisotopic (exact) mass is 222 g/mol. The Morgan fingerprint density at radius 3 is 2.75 bits per heavy atom. The molecule has 1 aromatic carbocycles. The van der Waals surface area contributed by atoms with Crippen molar-refractivity contribution < 1.29 is 19.1 Å². The first-order valence-corrected chi connectivity index (χ1v) is 5.01. The maximum absolute atomic E-state index is 10.6. The molecule has 1 aromatic rings. The van der Waals surface area contributed by atoms with Crippen molar-refractivity contribution >= 4 is 12.6 Å². The van der Waals surface area contributed by atoms with E-state index in [1.807, 2.05) is 0 Å². The second-order valence-electron chi connectivity index (χ2n) is 3.18. The molecule has 16 heavy (non-hydrogen) atoms. The molecule has 0 amide bonds. The number of unbranched alkanes of at least 4 members (excludes halogenated alkanes) is 1. The van der Waals surface area contributed by atoms with E-state index in [9.17, 15) is 9.59 Å². The van der Waals surface area contributed by atoms with Crippen LogP contribution < -0.4 is 9.47 Å². The molecule has 0 radical (unpaired) electrons. The normalized spacial score (nSPS) is 9.56. The largest absolute Gasteiger partial charge is 0.496 e. The van der Waals surface area contributed by atoms with Gasteiger partial charge in [-0.1, -0.05) is 0 Å². The number of aldehydes is 2. The van der Waals surface area contributed by atoms with Gasteiger partial charge in [0.15, 0.2) is 6.29 Å². The molecule has 4 nitrogen and oxygen atoms in total. The molecule has 0 saturated carbocycles. The van der Waals surface area contributed by atoms with E-state index in [-0.39, 0.29) is 0 Å². The van der Waals surface area contributed by atoms with Gasteiger partial charge in [0.1, 0.15) is 17.8 Å². The van der Waals surface area contributed by atoms with Crippen molar-refractivity contribution in [2.45, 2.75) is 12.8 Å². The lowest BCUT2D eigenvalue weighted by atomic mass is 10.2. The Morgan fingerprint density at radius 1 is 1.31 bits per heavy atom. The van der Waals surface area contributed by atoms with E-state index in [2.05, 4.69) is 0 Å². The van der Waals surface area contributed by atoms with Crippen molar-refractivity contribution in [1.82, 2.24) is 0 Å². The minimum atomic E-state index is 0.475. The van der Waals surface area contributed by atoms with E-state index in [0.717, 1.165) is 12.6 Å². The van der Waals surface area contributed by atoms with Crippen LogP contribution in [0.25, 0.3) is 0 Å². The quantitative estimate of drug-likeness (QED) is 0.522. The third-order valence-electron chi connectivity index (χ3n) is 2.07. The van der Waals surface area contributed by atoms with Crippen LogP contribution in [-0.4, -0.2) is 26.3 Å². The Bertz CT molecular complexity index is 360. The summed E-state index contributed by atoms with van der Waals surface area (Å²) >= 11 is 0. The Hall–Kier alpha value is -1.84. The fourth-order valence-electron chi connectivity index (χ4n) is 1.24. The first-order chi connectivity index (χ1) is 7.81. The van der Waals surface area contributed by atoms with Gasteiger partial charge in [-0.25, -0.2) is 0 Å². The van der Waals surface area contributed by atoms with Crippen molar-refractivity contribution in [1.29, 1.82) is 0 Å². The smallest absolute Gasteiger partial charge is 0.153 e. The van der Waals surface area contributed by atoms with E-state index in [4.69, 9.17) is 9.47 Å². The van der Waals surface area contributed by atoms with E-state index >= 15 is 0 Å². The highest BCUT2D eigenvalue weighted by Gasteiger charge is 2.03. The highest BCUT2D eigenvalue weighted by atomic mass is 16.5. The summed E-state index contributed by atoms with van der Waals surface area (Å²) in [5, 5.41) is 0. The van der Waals surface area contributed by atoms with Gasteiger partial charge in [-0.3, -0.25) is 4.79 Å². The third kappa shape index (κ3) is 3.38. The minimum absolute atomic E-state index is 0.475. The van der Waals surface area contributed by atoms with Gasteiger partial charge in [0.05, 0.1) is 19.3 Å². The zero-order valence-corrected chi connectivity index (χ0v) is 9.14. The lowest BCUT2D eigenvalue weighted by molar-refractivity contribution is -0.108. The summed E-state index contributed by atoms with van der Waals surface area (Å²) in [4.78, 5) is 20.7. The number of methoxy groups -OCH3 is 1. The molecule has 4 heteroatoms. The second-order valence-corrected chi connectivity index (χ2v) is 3.18. The summed E-state index contributed by atoms with van der Waals surface area (Å²) in [6.45, 7) is 0.475. The van der Waals surface area contributed by atoms with Crippen LogP contribution in [0.4, 0.5) is 0 Å². The minimum Gasteiger partial charge on any atom is -0.496 e. The topological polar surface area (TPSA) is 52.6 Å². The number of rotatable bonds is 7. The molecule has 0 atom stereocenters. The summed E-state index contributed by atoms with van der Waals surface area (Å²) in [5.41, 5.74) is 0.489. The summed E-state index contributed by atoms with van der Waals surface area (Å²) in [6, 6.07) is 5.00. The standard InChI is InChI=1S/C12H14O4/c1-15-12-8-11(5-4-10(12)9-14)16-7-3-2-6-13/h4-6,8-9H,2-3,7H2,1H3. The maximum atomic E-state index is 10.6. The molecule has 0 N–H and O–H groups in total. The van der Waals surface area contributed by atoms with Crippen molar-refractivity contribution in [2.24, 2.45) is 0 Å². The SMILES string of the molecule is COc1cc(OCCCC=O)ccc1C=O. The molecule has 0 aliphatic rings. The number of ether oxygens (including phenoxy) is 2. The average molecular weight is 222 g/mol. The number of hydrogen-bond acceptors (Lipinski definition) is 4. The van der Waals surface area contributed by atoms with Crippen LogP contribution in [0.3, 0.4) is 0 Å². The molecular weight excluding hydrogens is 208 g/mol. The number of carbonyl (C=O) groups is 2. The van der Waals surface area contributed by atoms with E-state index in [1.54, 1.807) is 18.2 Å². The van der Waals surface area contributed by atoms with Crippen molar-refractivity contribution in [3.05, 3.63) is 23.8 Å². The van der Waals surface area contributed by atoms with Gasteiger partial charge in [-0.15, -0.1) is 0 Å². The average Bonchev–Trinajstić information content (AvgIpc) is 2.34. The number of carbonyl (C=O) groups excluding carboxylic acids is 2. The molecule has 1 rings (SSSR count). The highest BCUT2D eigenvalue weighted by Crippen LogP contribution is 2.23. The molecule has 0 aliphatic carbocycles. The fourth-order valence-corrected chi connectivity index (χ4v) is 1.24. The van der Waals surface area contributed by atoms with Crippen LogP contribution in [0.15, 0.2) is 18.2 Å². The predicted molar refractivity (Wildman–Crippen MR) is 59.2 cm³/mol. The van der Waals surface area contributed by atoms with E-state index in [1.165, 1.54) is 7.11 Å².